The van der Waals surface area contributed by atoms with Gasteiger partial charge in [0.1, 0.15) is 0 Å². The molecule has 0 aromatic heterocycles. The van der Waals surface area contributed by atoms with E-state index in [0.29, 0.717) is 17.3 Å². The molecule has 1 aromatic rings. The highest BCUT2D eigenvalue weighted by Crippen LogP contribution is 2.41. The standard InChI is InChI=1S/C19H26O/c1-19(2,3)17-12-13-18(20)16(14-17)11-7-10-15-8-5-4-6-9-15/h4-6,8-9,16-18,20H,11-14H2,1-3H3. The Morgan fingerprint density at radius 3 is 2.50 bits per heavy atom. The van der Waals surface area contributed by atoms with Crippen molar-refractivity contribution in [3.8, 4) is 11.8 Å². The highest BCUT2D eigenvalue weighted by molar-refractivity contribution is 5.33. The second-order valence-corrected chi connectivity index (χ2v) is 7.08. The first-order valence-corrected chi connectivity index (χ1v) is 7.69. The molecule has 20 heavy (non-hydrogen) atoms. The molecule has 0 bridgehead atoms. The van der Waals surface area contributed by atoms with E-state index in [9.17, 15) is 5.11 Å². The monoisotopic (exact) mass is 270 g/mol. The van der Waals surface area contributed by atoms with Crippen LogP contribution in [0.1, 0.15) is 52.0 Å². The summed E-state index contributed by atoms with van der Waals surface area (Å²) in [6.45, 7) is 6.92. The highest BCUT2D eigenvalue weighted by atomic mass is 16.3. The first-order chi connectivity index (χ1) is 9.47. The lowest BCUT2D eigenvalue weighted by Crippen LogP contribution is -2.34. The SMILES string of the molecule is CC(C)(C)C1CCC(O)C(CC#Cc2ccccc2)C1. The van der Waals surface area contributed by atoms with E-state index in [1.165, 1.54) is 0 Å². The molecule has 1 saturated carbocycles. The molecule has 3 atom stereocenters. The molecule has 1 aliphatic rings. The maximum atomic E-state index is 10.2. The zero-order valence-electron chi connectivity index (χ0n) is 12.9. The van der Waals surface area contributed by atoms with Gasteiger partial charge < -0.3 is 5.11 Å². The Bertz CT molecular complexity index is 472. The lowest BCUT2D eigenvalue weighted by Gasteiger charge is -2.39. The molecule has 0 radical (unpaired) electrons. The molecule has 2 rings (SSSR count). The van der Waals surface area contributed by atoms with Gasteiger partial charge in [-0.2, -0.15) is 0 Å². The van der Waals surface area contributed by atoms with Gasteiger partial charge in [-0.05, 0) is 48.6 Å². The minimum absolute atomic E-state index is 0.168. The second-order valence-electron chi connectivity index (χ2n) is 7.08. The molecule has 0 amide bonds. The summed E-state index contributed by atoms with van der Waals surface area (Å²) in [5.41, 5.74) is 1.40. The molecule has 1 aromatic carbocycles. The van der Waals surface area contributed by atoms with E-state index >= 15 is 0 Å². The van der Waals surface area contributed by atoms with Crippen LogP contribution in [0.2, 0.25) is 0 Å². The fraction of sp³-hybridized carbons (Fsp3) is 0.579. The molecule has 0 spiro atoms. The van der Waals surface area contributed by atoms with Crippen molar-refractivity contribution < 1.29 is 5.11 Å². The Hall–Kier alpha value is -1.26. The zero-order valence-corrected chi connectivity index (χ0v) is 12.9. The number of rotatable bonds is 1. The van der Waals surface area contributed by atoms with E-state index in [-0.39, 0.29) is 6.10 Å². The van der Waals surface area contributed by atoms with E-state index in [4.69, 9.17) is 0 Å². The molecular formula is C19H26O. The van der Waals surface area contributed by atoms with Crippen LogP contribution in [0.15, 0.2) is 30.3 Å². The van der Waals surface area contributed by atoms with Gasteiger partial charge >= 0.3 is 0 Å². The van der Waals surface area contributed by atoms with Crippen LogP contribution in [0, 0.1) is 29.1 Å². The number of hydrogen-bond donors (Lipinski definition) is 1. The summed E-state index contributed by atoms with van der Waals surface area (Å²) < 4.78 is 0. The Labute approximate surface area is 123 Å². The molecule has 108 valence electrons. The van der Waals surface area contributed by atoms with Gasteiger partial charge in [-0.3, -0.25) is 0 Å². The first-order valence-electron chi connectivity index (χ1n) is 7.69. The van der Waals surface area contributed by atoms with Crippen molar-refractivity contribution in [1.82, 2.24) is 0 Å². The predicted octanol–water partition coefficient (Wildman–Crippen LogP) is 4.25. The average Bonchev–Trinajstić information content (AvgIpc) is 2.41. The van der Waals surface area contributed by atoms with E-state index in [2.05, 4.69) is 32.6 Å². The van der Waals surface area contributed by atoms with Gasteiger partial charge in [0.15, 0.2) is 0 Å². The Morgan fingerprint density at radius 1 is 1.15 bits per heavy atom. The summed E-state index contributed by atoms with van der Waals surface area (Å²) in [5.74, 6) is 7.51. The van der Waals surface area contributed by atoms with Gasteiger partial charge in [0.05, 0.1) is 6.10 Å². The van der Waals surface area contributed by atoms with Gasteiger partial charge in [-0.25, -0.2) is 0 Å². The van der Waals surface area contributed by atoms with Crippen molar-refractivity contribution in [2.24, 2.45) is 17.3 Å². The molecule has 0 aliphatic heterocycles. The Balaban J connectivity index is 1.96. The summed E-state index contributed by atoms with van der Waals surface area (Å²) in [7, 11) is 0. The van der Waals surface area contributed by atoms with E-state index in [1.54, 1.807) is 0 Å². The summed E-state index contributed by atoms with van der Waals surface area (Å²) in [6, 6.07) is 10.1. The Morgan fingerprint density at radius 2 is 1.85 bits per heavy atom. The fourth-order valence-electron chi connectivity index (χ4n) is 3.06. The molecular weight excluding hydrogens is 244 g/mol. The van der Waals surface area contributed by atoms with Crippen molar-refractivity contribution in [3.63, 3.8) is 0 Å². The van der Waals surface area contributed by atoms with Crippen LogP contribution < -0.4 is 0 Å². The van der Waals surface area contributed by atoms with Crippen LogP contribution in [-0.2, 0) is 0 Å². The quantitative estimate of drug-likeness (QED) is 0.756. The molecule has 1 nitrogen and oxygen atoms in total. The van der Waals surface area contributed by atoms with Crippen LogP contribution in [0.4, 0.5) is 0 Å². The normalized spacial score (nSPS) is 26.7. The summed E-state index contributed by atoms with van der Waals surface area (Å²) in [5, 5.41) is 10.2. The zero-order chi connectivity index (χ0) is 14.6. The van der Waals surface area contributed by atoms with Crippen molar-refractivity contribution in [1.29, 1.82) is 0 Å². The topological polar surface area (TPSA) is 20.2 Å². The minimum Gasteiger partial charge on any atom is -0.393 e. The lowest BCUT2D eigenvalue weighted by atomic mass is 9.67. The summed E-state index contributed by atoms with van der Waals surface area (Å²) >= 11 is 0. The average molecular weight is 270 g/mol. The van der Waals surface area contributed by atoms with Gasteiger partial charge in [0, 0.05) is 12.0 Å². The summed E-state index contributed by atoms with van der Waals surface area (Å²) in [4.78, 5) is 0. The molecule has 1 aliphatic carbocycles. The second kappa shape index (κ2) is 6.46. The van der Waals surface area contributed by atoms with Crippen LogP contribution >= 0.6 is 0 Å². The number of aliphatic hydroxyl groups is 1. The predicted molar refractivity (Wildman–Crippen MR) is 84.2 cm³/mol. The maximum absolute atomic E-state index is 10.2. The molecule has 1 N–H and O–H groups in total. The van der Waals surface area contributed by atoms with E-state index < -0.39 is 0 Å². The van der Waals surface area contributed by atoms with E-state index in [1.807, 2.05) is 30.3 Å². The third kappa shape index (κ3) is 4.12. The van der Waals surface area contributed by atoms with Crippen LogP contribution in [0.25, 0.3) is 0 Å². The van der Waals surface area contributed by atoms with Crippen LogP contribution in [0.3, 0.4) is 0 Å². The highest BCUT2D eigenvalue weighted by Gasteiger charge is 2.34. The van der Waals surface area contributed by atoms with Crippen LogP contribution in [-0.4, -0.2) is 11.2 Å². The lowest BCUT2D eigenvalue weighted by molar-refractivity contribution is 0.0216. The molecule has 0 saturated heterocycles. The fourth-order valence-corrected chi connectivity index (χ4v) is 3.06. The smallest absolute Gasteiger partial charge is 0.0577 e. The van der Waals surface area contributed by atoms with Gasteiger partial charge in [-0.1, -0.05) is 50.8 Å². The number of aliphatic hydroxyl groups excluding tert-OH is 1. The van der Waals surface area contributed by atoms with Crippen molar-refractivity contribution >= 4 is 0 Å². The minimum atomic E-state index is -0.168. The molecule has 1 heteroatoms. The van der Waals surface area contributed by atoms with Gasteiger partial charge in [-0.15, -0.1) is 0 Å². The Kier molecular flexibility index (Phi) is 4.89. The van der Waals surface area contributed by atoms with E-state index in [0.717, 1.165) is 31.2 Å². The van der Waals surface area contributed by atoms with Crippen molar-refractivity contribution in [2.45, 2.75) is 52.6 Å². The molecule has 3 unspecified atom stereocenters. The maximum Gasteiger partial charge on any atom is 0.0577 e. The molecule has 1 fully saturated rings. The summed E-state index contributed by atoms with van der Waals surface area (Å²) in [6.07, 6.45) is 3.82. The van der Waals surface area contributed by atoms with Crippen LogP contribution in [0.5, 0.6) is 0 Å². The third-order valence-corrected chi connectivity index (χ3v) is 4.54. The van der Waals surface area contributed by atoms with Gasteiger partial charge in [0.2, 0.25) is 0 Å². The largest absolute Gasteiger partial charge is 0.393 e. The van der Waals surface area contributed by atoms with Crippen molar-refractivity contribution in [2.75, 3.05) is 0 Å². The van der Waals surface area contributed by atoms with Crippen molar-refractivity contribution in [3.05, 3.63) is 35.9 Å². The number of hydrogen-bond acceptors (Lipinski definition) is 1. The molecule has 0 heterocycles. The third-order valence-electron chi connectivity index (χ3n) is 4.54. The van der Waals surface area contributed by atoms with Gasteiger partial charge in [0.25, 0.3) is 0 Å². The first kappa shape index (κ1) is 15.1. The number of benzene rings is 1.